The molecule has 0 unspecified atom stereocenters. The van der Waals surface area contributed by atoms with Gasteiger partial charge in [0.1, 0.15) is 0 Å². The van der Waals surface area contributed by atoms with Crippen molar-refractivity contribution in [2.75, 3.05) is 0 Å². The van der Waals surface area contributed by atoms with Gasteiger partial charge >= 0.3 is 0 Å². The number of nitrogens with zero attached hydrogens (tertiary/aromatic N) is 4. The third-order valence-corrected chi connectivity index (χ3v) is 12.8. The summed E-state index contributed by atoms with van der Waals surface area (Å²) in [7, 11) is -7.81. The number of aromatic amines is 2. The van der Waals surface area contributed by atoms with Crippen LogP contribution in [-0.2, 0) is 33.2 Å². The number of fused-ring (bicyclic) bond motifs is 2. The highest BCUT2D eigenvalue weighted by atomic mass is 32.2. The summed E-state index contributed by atoms with van der Waals surface area (Å²) in [6.07, 6.45) is 2.02. The van der Waals surface area contributed by atoms with Gasteiger partial charge in [-0.2, -0.15) is 14.9 Å². The third-order valence-electron chi connectivity index (χ3n) is 8.81. The number of sulfonamides is 2. The normalized spacial score (nSPS) is 12.9. The molecular formula is C40H36N8O6S3. The van der Waals surface area contributed by atoms with Gasteiger partial charge in [0.2, 0.25) is 0 Å². The Hall–Kier alpha value is -5.79. The van der Waals surface area contributed by atoms with E-state index in [0.29, 0.717) is 33.2 Å². The Balaban J connectivity index is 0.000000174. The lowest BCUT2D eigenvalue weighted by Gasteiger charge is -2.24. The fraction of sp³-hybridized carbons (Fsp3) is 0.100. The van der Waals surface area contributed by atoms with Gasteiger partial charge in [0.15, 0.2) is 21.3 Å². The zero-order chi connectivity index (χ0) is 39.8. The van der Waals surface area contributed by atoms with E-state index in [9.17, 15) is 27.0 Å². The molecule has 17 heteroatoms. The maximum atomic E-state index is 13.1. The van der Waals surface area contributed by atoms with Crippen molar-refractivity contribution >= 4 is 53.9 Å². The lowest BCUT2D eigenvalue weighted by atomic mass is 9.97. The van der Waals surface area contributed by atoms with E-state index in [0.717, 1.165) is 20.9 Å². The van der Waals surface area contributed by atoms with Crippen molar-refractivity contribution in [3.8, 4) is 0 Å². The number of aliphatic hydroxyl groups is 2. The van der Waals surface area contributed by atoms with Crippen molar-refractivity contribution in [2.24, 2.45) is 0 Å². The number of hydrogen-bond donors (Lipinski definition) is 6. The monoisotopic (exact) mass is 820 g/mol. The van der Waals surface area contributed by atoms with Gasteiger partial charge in [0, 0.05) is 28.7 Å². The molecule has 4 aromatic carbocycles. The smallest absolute Gasteiger partial charge is 0.258 e. The number of nitrogens with one attached hydrogen (secondary N) is 4. The Morgan fingerprint density at radius 1 is 0.596 bits per heavy atom. The van der Waals surface area contributed by atoms with Crippen molar-refractivity contribution in [2.45, 2.75) is 45.1 Å². The molecule has 4 aromatic heterocycles. The second-order valence-corrected chi connectivity index (χ2v) is 17.0. The van der Waals surface area contributed by atoms with E-state index in [-0.39, 0.29) is 23.2 Å². The van der Waals surface area contributed by atoms with Gasteiger partial charge in [0.25, 0.3) is 20.0 Å². The van der Waals surface area contributed by atoms with Crippen LogP contribution in [0.25, 0.3) is 22.1 Å². The minimum absolute atomic E-state index is 0.00337. The number of hydrogen-bond acceptors (Lipinski definition) is 11. The molecule has 57 heavy (non-hydrogen) atoms. The molecule has 0 amide bonds. The second-order valence-electron chi connectivity index (χ2n) is 12.5. The molecule has 0 saturated carbocycles. The van der Waals surface area contributed by atoms with Crippen LogP contribution < -0.4 is 9.44 Å². The van der Waals surface area contributed by atoms with E-state index in [4.69, 9.17) is 0 Å². The zero-order valence-corrected chi connectivity index (χ0v) is 32.4. The molecule has 2 atom stereocenters. The molecule has 0 aliphatic carbocycles. The van der Waals surface area contributed by atoms with Gasteiger partial charge in [-0.3, -0.25) is 10.2 Å². The molecule has 0 spiro atoms. The Morgan fingerprint density at radius 3 is 1.67 bits per heavy atom. The van der Waals surface area contributed by atoms with E-state index in [1.807, 2.05) is 60.7 Å². The van der Waals surface area contributed by atoms with Crippen molar-refractivity contribution in [3.63, 3.8) is 0 Å². The van der Waals surface area contributed by atoms with Gasteiger partial charge in [-0.1, -0.05) is 109 Å². The zero-order valence-electron chi connectivity index (χ0n) is 30.0. The lowest BCUT2D eigenvalue weighted by Crippen LogP contribution is -2.33. The van der Waals surface area contributed by atoms with Crippen molar-refractivity contribution in [1.29, 1.82) is 0 Å². The van der Waals surface area contributed by atoms with E-state index in [1.54, 1.807) is 85.2 Å². The first kappa shape index (κ1) is 39.4. The number of benzene rings is 4. The van der Waals surface area contributed by atoms with Crippen molar-refractivity contribution in [3.05, 3.63) is 168 Å². The summed E-state index contributed by atoms with van der Waals surface area (Å²) >= 11 is 1.49. The first-order chi connectivity index (χ1) is 27.6. The fourth-order valence-electron chi connectivity index (χ4n) is 5.95. The van der Waals surface area contributed by atoms with Crippen LogP contribution in [0.4, 0.5) is 0 Å². The minimum Gasteiger partial charge on any atom is -0.392 e. The number of aromatic nitrogens is 6. The highest BCUT2D eigenvalue weighted by molar-refractivity contribution is 7.99. The number of H-pyrrole nitrogens is 2. The molecule has 14 nitrogen and oxygen atoms in total. The summed E-state index contributed by atoms with van der Waals surface area (Å²) in [5.41, 5.74) is 3.56. The number of rotatable bonds is 13. The average Bonchev–Trinajstić information content (AvgIpc) is 3.90. The number of pyridine rings is 2. The van der Waals surface area contributed by atoms with Crippen LogP contribution in [0.15, 0.2) is 166 Å². The van der Waals surface area contributed by atoms with Crippen LogP contribution in [-0.4, -0.2) is 57.4 Å². The summed E-state index contributed by atoms with van der Waals surface area (Å²) in [6, 6.07) is 38.8. The summed E-state index contributed by atoms with van der Waals surface area (Å²) in [6.45, 7) is 0.0620. The number of aliphatic hydroxyl groups excluding tert-OH is 2. The largest absolute Gasteiger partial charge is 0.392 e. The molecule has 6 N–H and O–H groups in total. The van der Waals surface area contributed by atoms with Crippen LogP contribution in [0.2, 0.25) is 0 Å². The fourth-order valence-corrected chi connectivity index (χ4v) is 9.46. The molecule has 8 aromatic rings. The summed E-state index contributed by atoms with van der Waals surface area (Å²) in [5, 5.41) is 34.2. The highest BCUT2D eigenvalue weighted by Crippen LogP contribution is 2.34. The van der Waals surface area contributed by atoms with Gasteiger partial charge in [-0.15, -0.1) is 0 Å². The topological polar surface area (TPSA) is 216 Å². The van der Waals surface area contributed by atoms with Gasteiger partial charge in [-0.05, 0) is 58.7 Å². The predicted molar refractivity (Wildman–Crippen MR) is 216 cm³/mol. The minimum atomic E-state index is -4.01. The van der Waals surface area contributed by atoms with Crippen molar-refractivity contribution < 1.29 is 27.0 Å². The summed E-state index contributed by atoms with van der Waals surface area (Å²) in [4.78, 5) is 9.94. The molecule has 8 rings (SSSR count). The quantitative estimate of drug-likeness (QED) is 0.0819. The van der Waals surface area contributed by atoms with Gasteiger partial charge < -0.3 is 10.2 Å². The van der Waals surface area contributed by atoms with Crippen LogP contribution in [0.1, 0.15) is 34.4 Å². The Bertz CT molecular complexity index is 2820. The molecule has 0 radical (unpaired) electrons. The predicted octanol–water partition coefficient (Wildman–Crippen LogP) is 5.79. The van der Waals surface area contributed by atoms with Crippen LogP contribution in [0, 0.1) is 0 Å². The van der Waals surface area contributed by atoms with E-state index in [2.05, 4.69) is 39.8 Å². The van der Waals surface area contributed by atoms with E-state index >= 15 is 0 Å². The second kappa shape index (κ2) is 17.6. The Morgan fingerprint density at radius 2 is 1.09 bits per heavy atom. The van der Waals surface area contributed by atoms with Crippen LogP contribution in [0.5, 0.6) is 0 Å². The third kappa shape index (κ3) is 9.11. The Labute approximate surface area is 332 Å². The molecule has 0 aliphatic rings. The van der Waals surface area contributed by atoms with Crippen molar-refractivity contribution in [1.82, 2.24) is 39.8 Å². The maximum absolute atomic E-state index is 13.1. The standard InChI is InChI=1S/C20H18N4O3S2.C20H18N4O3S/c25-13-15-7-2-4-10-18(15)28-17-9-3-1-6-14(17)12-22-29(26,27)20-16-8-5-11-21-19(16)23-24-20;25-18(15-10-5-2-6-11-15)17(14-8-3-1-4-9-14)24-28(26,27)20-16-12-7-13-21-19(16)22-23-20/h1-11,22,25H,12-13H2,(H,21,23,24);1-13,17-18,24-25H,(H,21,22,23)/t;17-,18+/m.1/s1. The van der Waals surface area contributed by atoms with Gasteiger partial charge in [0.05, 0.1) is 29.5 Å². The van der Waals surface area contributed by atoms with Crippen LogP contribution >= 0.6 is 11.8 Å². The maximum Gasteiger partial charge on any atom is 0.258 e. The van der Waals surface area contributed by atoms with Gasteiger partial charge in [-0.25, -0.2) is 31.5 Å². The first-order valence-corrected chi connectivity index (χ1v) is 21.3. The highest BCUT2D eigenvalue weighted by Gasteiger charge is 2.30. The molecule has 0 aliphatic heterocycles. The lowest BCUT2D eigenvalue weighted by molar-refractivity contribution is 0.139. The molecule has 0 fully saturated rings. The molecule has 290 valence electrons. The SMILES string of the molecule is O=S(=O)(NCc1ccccc1Sc1ccccc1CO)c1[nH]nc2ncccc12.O=S(=O)(N[C@H](c1ccccc1)[C@@H](O)c1ccccc1)c1[nH]nc2ncccc12. The van der Waals surface area contributed by atoms with E-state index < -0.39 is 32.2 Å². The molecular weight excluding hydrogens is 785 g/mol. The molecule has 0 saturated heterocycles. The summed E-state index contributed by atoms with van der Waals surface area (Å²) < 4.78 is 57.1. The molecule has 0 bridgehead atoms. The average molecular weight is 821 g/mol. The molecule has 4 heterocycles. The first-order valence-electron chi connectivity index (χ1n) is 17.5. The van der Waals surface area contributed by atoms with Crippen LogP contribution in [0.3, 0.4) is 0 Å². The summed E-state index contributed by atoms with van der Waals surface area (Å²) in [5.74, 6) is 0. The van der Waals surface area contributed by atoms with E-state index in [1.165, 1.54) is 11.8 Å². The Kier molecular flexibility index (Phi) is 12.2.